The minimum absolute atomic E-state index is 0.0231. The van der Waals surface area contributed by atoms with Gasteiger partial charge in [-0.3, -0.25) is 9.59 Å². The lowest BCUT2D eigenvalue weighted by Gasteiger charge is -2.01. The third-order valence-corrected chi connectivity index (χ3v) is 2.18. The van der Waals surface area contributed by atoms with Crippen molar-refractivity contribution in [3.8, 4) is 0 Å². The van der Waals surface area contributed by atoms with Crippen LogP contribution in [0.15, 0.2) is 18.7 Å². The Morgan fingerprint density at radius 2 is 2.06 bits per heavy atom. The Bertz CT molecular complexity index is 389. The summed E-state index contributed by atoms with van der Waals surface area (Å²) in [5.41, 5.74) is 5.00. The highest BCUT2D eigenvalue weighted by Gasteiger charge is 2.12. The van der Waals surface area contributed by atoms with Crippen LogP contribution in [0.4, 0.5) is 0 Å². The summed E-state index contributed by atoms with van der Waals surface area (Å²) in [7, 11) is 2.02. The van der Waals surface area contributed by atoms with Gasteiger partial charge in [-0.1, -0.05) is 0 Å². The van der Waals surface area contributed by atoms with Crippen molar-refractivity contribution in [3.05, 3.63) is 18.7 Å². The van der Waals surface area contributed by atoms with Gasteiger partial charge in [-0.05, 0) is 13.3 Å². The van der Waals surface area contributed by atoms with Crippen LogP contribution < -0.4 is 10.3 Å². The van der Waals surface area contributed by atoms with Crippen LogP contribution in [-0.2, 0) is 23.2 Å². The van der Waals surface area contributed by atoms with Crippen LogP contribution in [-0.4, -0.2) is 32.8 Å². The number of carboxylic acid groups (broad SMARTS) is 2. The quantitative estimate of drug-likeness (QED) is 0.622. The van der Waals surface area contributed by atoms with Crippen LogP contribution in [0.1, 0.15) is 19.8 Å². The smallest absolute Gasteiger partial charge is 0.320 e. The molecular weight excluding hydrogens is 238 g/mol. The van der Waals surface area contributed by atoms with Crippen molar-refractivity contribution in [1.82, 2.24) is 4.57 Å². The Balaban J connectivity index is 0.000000327. The molecular formula is C11H20N3O4+. The number of aliphatic carboxylic acids is 2. The topological polar surface area (TPSA) is 109 Å². The van der Waals surface area contributed by atoms with E-state index in [0.29, 0.717) is 0 Å². The average molecular weight is 258 g/mol. The number of aromatic nitrogens is 2. The molecule has 1 unspecified atom stereocenters. The Kier molecular flexibility index (Phi) is 7.37. The number of rotatable bonds is 5. The number of nitrogens with two attached hydrogens (primary N) is 1. The molecule has 0 amide bonds. The van der Waals surface area contributed by atoms with Gasteiger partial charge in [0.2, 0.25) is 6.33 Å². The van der Waals surface area contributed by atoms with Crippen LogP contribution >= 0.6 is 0 Å². The molecule has 0 aliphatic rings. The number of carbonyl (C=O) groups is 2. The summed E-state index contributed by atoms with van der Waals surface area (Å²) in [6.45, 7) is 3.18. The molecule has 1 rings (SSSR count). The number of nitrogens with zero attached hydrogens (tertiary/aromatic N) is 2. The molecule has 1 atom stereocenters. The van der Waals surface area contributed by atoms with Crippen LogP contribution in [0.2, 0.25) is 0 Å². The molecule has 0 spiro atoms. The molecule has 0 saturated carbocycles. The minimum atomic E-state index is -1.17. The minimum Gasteiger partial charge on any atom is -0.481 e. The second-order valence-electron chi connectivity index (χ2n) is 3.79. The van der Waals surface area contributed by atoms with Crippen molar-refractivity contribution in [3.63, 3.8) is 0 Å². The lowest BCUT2D eigenvalue weighted by Crippen LogP contribution is -2.30. The van der Waals surface area contributed by atoms with E-state index >= 15 is 0 Å². The molecule has 18 heavy (non-hydrogen) atoms. The van der Waals surface area contributed by atoms with Crippen molar-refractivity contribution in [1.29, 1.82) is 0 Å². The molecule has 102 valence electrons. The molecule has 0 aromatic carbocycles. The van der Waals surface area contributed by atoms with Gasteiger partial charge in [-0.25, -0.2) is 9.13 Å². The summed E-state index contributed by atoms with van der Waals surface area (Å²) < 4.78 is 4.16. The Labute approximate surface area is 105 Å². The molecule has 0 fully saturated rings. The molecule has 7 heteroatoms. The predicted molar refractivity (Wildman–Crippen MR) is 63.8 cm³/mol. The van der Waals surface area contributed by atoms with Crippen molar-refractivity contribution in [2.45, 2.75) is 32.4 Å². The van der Waals surface area contributed by atoms with Crippen LogP contribution in [0.25, 0.3) is 0 Å². The highest BCUT2D eigenvalue weighted by molar-refractivity contribution is 5.74. The Morgan fingerprint density at radius 3 is 2.33 bits per heavy atom. The van der Waals surface area contributed by atoms with E-state index in [1.54, 1.807) is 0 Å². The molecule has 0 aliphatic carbocycles. The van der Waals surface area contributed by atoms with Gasteiger partial charge >= 0.3 is 11.9 Å². The largest absolute Gasteiger partial charge is 0.481 e. The van der Waals surface area contributed by atoms with E-state index in [9.17, 15) is 9.59 Å². The van der Waals surface area contributed by atoms with Crippen molar-refractivity contribution >= 4 is 11.9 Å². The monoisotopic (exact) mass is 258 g/mol. The molecule has 4 N–H and O–H groups in total. The van der Waals surface area contributed by atoms with Crippen molar-refractivity contribution in [2.75, 3.05) is 0 Å². The Morgan fingerprint density at radius 1 is 1.44 bits per heavy atom. The molecule has 0 saturated heterocycles. The van der Waals surface area contributed by atoms with E-state index in [1.165, 1.54) is 0 Å². The fraction of sp³-hybridized carbons (Fsp3) is 0.545. The normalized spacial score (nSPS) is 11.3. The molecule has 0 radical (unpaired) electrons. The maximum atomic E-state index is 9.99. The SMILES string of the molecule is CCn1cc[n+](C)c1.NC(CCC(=O)O)C(=O)O. The third-order valence-electron chi connectivity index (χ3n) is 2.18. The predicted octanol–water partition coefficient (Wildman–Crippen LogP) is -0.404. The summed E-state index contributed by atoms with van der Waals surface area (Å²) in [6.07, 6.45) is 5.92. The van der Waals surface area contributed by atoms with Crippen molar-refractivity contribution in [2.24, 2.45) is 12.8 Å². The first-order valence-corrected chi connectivity index (χ1v) is 5.58. The van der Waals surface area contributed by atoms with Gasteiger partial charge in [0.05, 0.1) is 13.6 Å². The maximum Gasteiger partial charge on any atom is 0.320 e. The first-order valence-electron chi connectivity index (χ1n) is 5.58. The first kappa shape index (κ1) is 16.1. The number of aryl methyl sites for hydroxylation is 2. The number of hydrogen-bond donors (Lipinski definition) is 3. The summed E-state index contributed by atoms with van der Waals surface area (Å²) in [5.74, 6) is -2.20. The van der Waals surface area contributed by atoms with Crippen LogP contribution in [0, 0.1) is 0 Å². The van der Waals surface area contributed by atoms with Gasteiger partial charge in [0.15, 0.2) is 0 Å². The third kappa shape index (κ3) is 7.39. The lowest BCUT2D eigenvalue weighted by atomic mass is 10.2. The van der Waals surface area contributed by atoms with Gasteiger partial charge in [0.1, 0.15) is 18.4 Å². The summed E-state index contributed by atoms with van der Waals surface area (Å²) in [5, 5.41) is 16.3. The second-order valence-corrected chi connectivity index (χ2v) is 3.79. The molecule has 0 aliphatic heterocycles. The molecule has 0 bridgehead atoms. The highest BCUT2D eigenvalue weighted by atomic mass is 16.4. The van der Waals surface area contributed by atoms with Gasteiger partial charge < -0.3 is 15.9 Å². The number of hydrogen-bond acceptors (Lipinski definition) is 3. The van der Waals surface area contributed by atoms with E-state index in [0.717, 1.165) is 6.54 Å². The molecule has 1 aromatic heterocycles. The first-order chi connectivity index (χ1) is 8.36. The summed E-state index contributed by atoms with van der Waals surface area (Å²) in [4.78, 5) is 19.9. The zero-order valence-corrected chi connectivity index (χ0v) is 10.6. The van der Waals surface area contributed by atoms with Gasteiger partial charge in [-0.15, -0.1) is 0 Å². The molecule has 1 heterocycles. The van der Waals surface area contributed by atoms with Crippen molar-refractivity contribution < 1.29 is 24.4 Å². The highest BCUT2D eigenvalue weighted by Crippen LogP contribution is 1.93. The van der Waals surface area contributed by atoms with E-state index in [4.69, 9.17) is 15.9 Å². The standard InChI is InChI=1S/C6H11N2.C5H9NO4/c1-3-8-5-4-7(2)6-8;6-3(5(9)10)1-2-4(7)8/h4-6H,3H2,1-2H3;3H,1-2,6H2,(H,7,8)(H,9,10)/q+1;. The van der Waals surface area contributed by atoms with Gasteiger partial charge in [-0.2, -0.15) is 0 Å². The van der Waals surface area contributed by atoms with Crippen LogP contribution in [0.5, 0.6) is 0 Å². The fourth-order valence-electron chi connectivity index (χ4n) is 1.09. The number of carboxylic acids is 2. The second kappa shape index (κ2) is 8.24. The van der Waals surface area contributed by atoms with E-state index in [-0.39, 0.29) is 12.8 Å². The zero-order chi connectivity index (χ0) is 14.1. The van der Waals surface area contributed by atoms with E-state index in [1.807, 2.05) is 17.8 Å². The van der Waals surface area contributed by atoms with E-state index < -0.39 is 18.0 Å². The maximum absolute atomic E-state index is 9.99. The molecule has 1 aromatic rings. The summed E-state index contributed by atoms with van der Waals surface area (Å²) >= 11 is 0. The summed E-state index contributed by atoms with van der Waals surface area (Å²) in [6, 6.07) is -1.06. The van der Waals surface area contributed by atoms with Gasteiger partial charge in [0, 0.05) is 6.42 Å². The molecule has 7 nitrogen and oxygen atoms in total. The lowest BCUT2D eigenvalue weighted by molar-refractivity contribution is -0.671. The fourth-order valence-corrected chi connectivity index (χ4v) is 1.09. The Hall–Kier alpha value is -1.89. The van der Waals surface area contributed by atoms with Gasteiger partial charge in [0.25, 0.3) is 0 Å². The zero-order valence-electron chi connectivity index (χ0n) is 10.6. The number of imidazole rings is 1. The average Bonchev–Trinajstić information content (AvgIpc) is 2.72. The van der Waals surface area contributed by atoms with Crippen LogP contribution in [0.3, 0.4) is 0 Å². The van der Waals surface area contributed by atoms with E-state index in [2.05, 4.69) is 24.0 Å².